The van der Waals surface area contributed by atoms with Crippen LogP contribution in [0.15, 0.2) is 12.1 Å². The summed E-state index contributed by atoms with van der Waals surface area (Å²) in [5.74, 6) is 0.671. The molecule has 0 aliphatic heterocycles. The Bertz CT molecular complexity index is 388. The van der Waals surface area contributed by atoms with Crippen LogP contribution in [0.3, 0.4) is 0 Å². The monoisotopic (exact) mass is 242 g/mol. The lowest BCUT2D eigenvalue weighted by Crippen LogP contribution is -2.08. The number of aryl methyl sites for hydroxylation is 1. The molecule has 4 heteroatoms. The van der Waals surface area contributed by atoms with Crippen molar-refractivity contribution < 1.29 is 14.3 Å². The van der Waals surface area contributed by atoms with Gasteiger partial charge in [-0.15, -0.1) is 11.6 Å². The zero-order valence-electron chi connectivity index (χ0n) is 9.67. The summed E-state index contributed by atoms with van der Waals surface area (Å²) in [6.07, 6.45) is 0. The number of alkyl halides is 1. The van der Waals surface area contributed by atoms with Crippen molar-refractivity contribution >= 4 is 17.6 Å². The molecule has 0 aromatic heterocycles. The van der Waals surface area contributed by atoms with Crippen LogP contribution in [0.2, 0.25) is 0 Å². The van der Waals surface area contributed by atoms with Gasteiger partial charge in [0.2, 0.25) is 0 Å². The number of halogens is 1. The number of hydrogen-bond acceptors (Lipinski definition) is 3. The summed E-state index contributed by atoms with van der Waals surface area (Å²) in [6.45, 7) is 3.98. The van der Waals surface area contributed by atoms with Crippen molar-refractivity contribution in [3.05, 3.63) is 28.8 Å². The molecule has 0 spiro atoms. The van der Waals surface area contributed by atoms with Gasteiger partial charge in [0.15, 0.2) is 0 Å². The third-order valence-corrected chi connectivity index (χ3v) is 2.55. The van der Waals surface area contributed by atoms with Gasteiger partial charge in [0.1, 0.15) is 5.75 Å². The van der Waals surface area contributed by atoms with E-state index in [1.165, 1.54) is 0 Å². The number of benzene rings is 1. The lowest BCUT2D eigenvalue weighted by Gasteiger charge is -2.11. The van der Waals surface area contributed by atoms with Gasteiger partial charge in [0, 0.05) is 5.56 Å². The topological polar surface area (TPSA) is 35.5 Å². The first kappa shape index (κ1) is 12.8. The Labute approximate surface area is 100 Å². The molecule has 0 unspecified atom stereocenters. The van der Waals surface area contributed by atoms with Crippen LogP contribution < -0.4 is 4.74 Å². The largest absolute Gasteiger partial charge is 0.496 e. The molecular weight excluding hydrogens is 228 g/mol. The zero-order valence-corrected chi connectivity index (χ0v) is 10.4. The Morgan fingerprint density at radius 3 is 2.62 bits per heavy atom. The number of ether oxygens (including phenoxy) is 2. The van der Waals surface area contributed by atoms with Gasteiger partial charge in [-0.05, 0) is 31.5 Å². The maximum atomic E-state index is 11.6. The average Bonchev–Trinajstić information content (AvgIpc) is 2.28. The molecule has 0 aliphatic rings. The number of carbonyl (C=O) groups is 1. The molecule has 0 aliphatic carbocycles. The van der Waals surface area contributed by atoms with Crippen LogP contribution in [0.4, 0.5) is 0 Å². The van der Waals surface area contributed by atoms with Crippen LogP contribution in [-0.2, 0) is 10.6 Å². The van der Waals surface area contributed by atoms with Crippen LogP contribution in [0.5, 0.6) is 5.75 Å². The van der Waals surface area contributed by atoms with E-state index < -0.39 is 0 Å². The second-order valence-electron chi connectivity index (χ2n) is 3.33. The van der Waals surface area contributed by atoms with Gasteiger partial charge in [0.25, 0.3) is 0 Å². The third-order valence-electron chi connectivity index (χ3n) is 2.27. The molecule has 0 fully saturated rings. The Hall–Kier alpha value is -1.22. The summed E-state index contributed by atoms with van der Waals surface area (Å²) in [5, 5.41) is 0. The van der Waals surface area contributed by atoms with Gasteiger partial charge in [-0.1, -0.05) is 0 Å². The third kappa shape index (κ3) is 2.67. The van der Waals surface area contributed by atoms with Crippen molar-refractivity contribution in [3.63, 3.8) is 0 Å². The molecule has 16 heavy (non-hydrogen) atoms. The molecule has 0 bridgehead atoms. The summed E-state index contributed by atoms with van der Waals surface area (Å²) < 4.78 is 10.1. The van der Waals surface area contributed by atoms with Crippen molar-refractivity contribution in [2.24, 2.45) is 0 Å². The fraction of sp³-hybridized carbons (Fsp3) is 0.417. The quantitative estimate of drug-likeness (QED) is 0.602. The maximum absolute atomic E-state index is 11.6. The first-order chi connectivity index (χ1) is 7.63. The Morgan fingerprint density at radius 2 is 2.12 bits per heavy atom. The Kier molecular flexibility index (Phi) is 4.62. The maximum Gasteiger partial charge on any atom is 0.338 e. The minimum atomic E-state index is -0.325. The highest BCUT2D eigenvalue weighted by atomic mass is 35.5. The molecule has 0 heterocycles. The summed E-state index contributed by atoms with van der Waals surface area (Å²) in [6, 6.07) is 3.52. The molecular formula is C12H15ClO3. The lowest BCUT2D eigenvalue weighted by molar-refractivity contribution is 0.0525. The van der Waals surface area contributed by atoms with Gasteiger partial charge in [-0.2, -0.15) is 0 Å². The van der Waals surface area contributed by atoms with Gasteiger partial charge in [-0.3, -0.25) is 0 Å². The highest BCUT2D eigenvalue weighted by molar-refractivity contribution is 6.17. The highest BCUT2D eigenvalue weighted by Gasteiger charge is 2.14. The van der Waals surface area contributed by atoms with Crippen molar-refractivity contribution in [2.45, 2.75) is 19.7 Å². The molecule has 3 nitrogen and oxygen atoms in total. The van der Waals surface area contributed by atoms with E-state index in [1.807, 2.05) is 6.92 Å². The summed E-state index contributed by atoms with van der Waals surface area (Å²) >= 11 is 5.78. The predicted octanol–water partition coefficient (Wildman–Crippen LogP) is 2.92. The first-order valence-electron chi connectivity index (χ1n) is 5.04. The average molecular weight is 243 g/mol. The molecule has 0 saturated heterocycles. The molecule has 0 N–H and O–H groups in total. The normalized spacial score (nSPS) is 10.0. The fourth-order valence-corrected chi connectivity index (χ4v) is 1.66. The SMILES string of the molecule is CCOC(=O)c1cc(CCl)c(OC)cc1C. The van der Waals surface area contributed by atoms with Crippen LogP contribution in [0.25, 0.3) is 0 Å². The minimum Gasteiger partial charge on any atom is -0.496 e. The van der Waals surface area contributed by atoms with Crippen LogP contribution in [-0.4, -0.2) is 19.7 Å². The van der Waals surface area contributed by atoms with Crippen LogP contribution in [0, 0.1) is 6.92 Å². The second kappa shape index (κ2) is 5.75. The van der Waals surface area contributed by atoms with Gasteiger partial charge in [-0.25, -0.2) is 4.79 Å². The van der Waals surface area contributed by atoms with Crippen molar-refractivity contribution in [3.8, 4) is 5.75 Å². The van der Waals surface area contributed by atoms with Gasteiger partial charge < -0.3 is 9.47 Å². The summed E-state index contributed by atoms with van der Waals surface area (Å²) in [5.41, 5.74) is 2.15. The lowest BCUT2D eigenvalue weighted by atomic mass is 10.0. The summed E-state index contributed by atoms with van der Waals surface area (Å²) in [4.78, 5) is 11.6. The molecule has 1 aromatic rings. The van der Waals surface area contributed by atoms with E-state index in [1.54, 1.807) is 26.2 Å². The molecule has 1 rings (SSSR count). The number of methoxy groups -OCH3 is 1. The van der Waals surface area contributed by atoms with E-state index in [-0.39, 0.29) is 5.97 Å². The first-order valence-corrected chi connectivity index (χ1v) is 5.58. The van der Waals surface area contributed by atoms with Gasteiger partial charge in [0.05, 0.1) is 25.2 Å². The van der Waals surface area contributed by atoms with Crippen molar-refractivity contribution in [1.82, 2.24) is 0 Å². The Balaban J connectivity index is 3.15. The molecule has 1 aromatic carbocycles. The summed E-state index contributed by atoms with van der Waals surface area (Å²) in [7, 11) is 1.58. The number of esters is 1. The molecule has 0 amide bonds. The van der Waals surface area contributed by atoms with E-state index in [9.17, 15) is 4.79 Å². The fourth-order valence-electron chi connectivity index (χ4n) is 1.45. The second-order valence-corrected chi connectivity index (χ2v) is 3.60. The predicted molar refractivity (Wildman–Crippen MR) is 63.2 cm³/mol. The van der Waals surface area contributed by atoms with E-state index in [4.69, 9.17) is 21.1 Å². The molecule has 0 atom stereocenters. The zero-order chi connectivity index (χ0) is 12.1. The van der Waals surface area contributed by atoms with Crippen molar-refractivity contribution in [1.29, 1.82) is 0 Å². The standard InChI is InChI=1S/C12H15ClO3/c1-4-16-12(14)10-6-9(7-13)11(15-3)5-8(10)2/h5-6H,4,7H2,1-3H3. The number of hydrogen-bond donors (Lipinski definition) is 0. The van der Waals surface area contributed by atoms with Crippen LogP contribution in [0.1, 0.15) is 28.4 Å². The molecule has 88 valence electrons. The van der Waals surface area contributed by atoms with E-state index >= 15 is 0 Å². The van der Waals surface area contributed by atoms with Gasteiger partial charge >= 0.3 is 5.97 Å². The minimum absolute atomic E-state index is 0.301. The molecule has 0 radical (unpaired) electrons. The number of carbonyl (C=O) groups excluding carboxylic acids is 1. The highest BCUT2D eigenvalue weighted by Crippen LogP contribution is 2.25. The number of rotatable bonds is 4. The van der Waals surface area contributed by atoms with E-state index in [0.717, 1.165) is 11.1 Å². The van der Waals surface area contributed by atoms with Crippen LogP contribution >= 0.6 is 11.6 Å². The molecule has 0 saturated carbocycles. The van der Waals surface area contributed by atoms with E-state index in [0.29, 0.717) is 23.8 Å². The smallest absolute Gasteiger partial charge is 0.338 e. The van der Waals surface area contributed by atoms with E-state index in [2.05, 4.69) is 0 Å². The van der Waals surface area contributed by atoms with Crippen molar-refractivity contribution in [2.75, 3.05) is 13.7 Å². The Morgan fingerprint density at radius 1 is 1.44 bits per heavy atom.